The molecule has 1 atom stereocenters. The van der Waals surface area contributed by atoms with Crippen LogP contribution in [-0.2, 0) is 6.54 Å². The molecule has 4 heteroatoms. The van der Waals surface area contributed by atoms with Crippen LogP contribution in [0.1, 0.15) is 36.3 Å². The molecule has 0 fully saturated rings. The van der Waals surface area contributed by atoms with Crippen LogP contribution in [0.3, 0.4) is 0 Å². The fraction of sp³-hybridized carbons (Fsp3) is 0.412. The van der Waals surface area contributed by atoms with Crippen molar-refractivity contribution in [2.24, 2.45) is 0 Å². The van der Waals surface area contributed by atoms with Crippen LogP contribution >= 0.6 is 0 Å². The number of nitrogens with zero attached hydrogens (tertiary/aromatic N) is 1. The van der Waals surface area contributed by atoms with Crippen LogP contribution in [0.25, 0.3) is 0 Å². The van der Waals surface area contributed by atoms with Gasteiger partial charge in [-0.1, -0.05) is 19.1 Å². The van der Waals surface area contributed by atoms with E-state index in [0.29, 0.717) is 17.5 Å². The van der Waals surface area contributed by atoms with Crippen molar-refractivity contribution in [3.63, 3.8) is 0 Å². The van der Waals surface area contributed by atoms with Gasteiger partial charge in [0.1, 0.15) is 11.6 Å². The number of aryl methyl sites for hydroxylation is 1. The second kappa shape index (κ2) is 7.38. The Balaban J connectivity index is 1.89. The van der Waals surface area contributed by atoms with Gasteiger partial charge in [0.15, 0.2) is 0 Å². The molecule has 114 valence electrons. The Bertz CT molecular complexity index is 554. The van der Waals surface area contributed by atoms with Crippen LogP contribution in [-0.4, -0.2) is 23.1 Å². The first-order valence-electron chi connectivity index (χ1n) is 7.29. The second-order valence-corrected chi connectivity index (χ2v) is 5.26. The molecule has 0 saturated heterocycles. The van der Waals surface area contributed by atoms with E-state index in [1.807, 2.05) is 12.1 Å². The first-order chi connectivity index (χ1) is 10.1. The lowest BCUT2D eigenvalue weighted by atomic mass is 10.0. The van der Waals surface area contributed by atoms with Gasteiger partial charge in [-0.25, -0.2) is 4.39 Å². The highest BCUT2D eigenvalue weighted by atomic mass is 19.1. The van der Waals surface area contributed by atoms with Crippen LogP contribution in [0.5, 0.6) is 0 Å². The molecule has 2 rings (SSSR count). The zero-order valence-corrected chi connectivity index (χ0v) is 12.6. The Morgan fingerprint density at radius 3 is 2.76 bits per heavy atom. The van der Waals surface area contributed by atoms with Crippen molar-refractivity contribution < 1.29 is 13.9 Å². The normalized spacial score (nSPS) is 12.8. The predicted octanol–water partition coefficient (Wildman–Crippen LogP) is 3.67. The predicted molar refractivity (Wildman–Crippen MR) is 80.4 cm³/mol. The van der Waals surface area contributed by atoms with Crippen molar-refractivity contribution in [1.82, 2.24) is 4.90 Å². The van der Waals surface area contributed by atoms with Gasteiger partial charge >= 0.3 is 0 Å². The summed E-state index contributed by atoms with van der Waals surface area (Å²) in [5.74, 6) is 0.641. The monoisotopic (exact) mass is 291 g/mol. The zero-order valence-electron chi connectivity index (χ0n) is 12.6. The summed E-state index contributed by atoms with van der Waals surface area (Å²) < 4.78 is 18.9. The average molecular weight is 291 g/mol. The molecule has 1 aromatic carbocycles. The Labute approximate surface area is 125 Å². The molecule has 1 heterocycles. The maximum atomic E-state index is 13.5. The number of aliphatic hydroxyl groups excluding tert-OH is 1. The molecule has 0 saturated carbocycles. The van der Waals surface area contributed by atoms with Gasteiger partial charge < -0.3 is 9.52 Å². The van der Waals surface area contributed by atoms with E-state index in [4.69, 9.17) is 4.42 Å². The third kappa shape index (κ3) is 4.41. The van der Waals surface area contributed by atoms with Crippen molar-refractivity contribution in [2.45, 2.75) is 32.9 Å². The number of hydrogen-bond donors (Lipinski definition) is 1. The zero-order chi connectivity index (χ0) is 15.2. The lowest BCUT2D eigenvalue weighted by molar-refractivity contribution is 0.138. The summed E-state index contributed by atoms with van der Waals surface area (Å²) in [4.78, 5) is 2.19. The second-order valence-electron chi connectivity index (χ2n) is 5.26. The van der Waals surface area contributed by atoms with E-state index in [1.54, 1.807) is 25.3 Å². The van der Waals surface area contributed by atoms with Gasteiger partial charge in [0.2, 0.25) is 0 Å². The van der Waals surface area contributed by atoms with Crippen LogP contribution in [0, 0.1) is 12.7 Å². The van der Waals surface area contributed by atoms with Gasteiger partial charge in [-0.05, 0) is 49.2 Å². The number of hydrogen-bond acceptors (Lipinski definition) is 3. The fourth-order valence-corrected chi connectivity index (χ4v) is 2.26. The maximum absolute atomic E-state index is 13.5. The number of aliphatic hydroxyl groups is 1. The van der Waals surface area contributed by atoms with Gasteiger partial charge in [-0.3, -0.25) is 4.90 Å². The van der Waals surface area contributed by atoms with Crippen molar-refractivity contribution >= 4 is 0 Å². The van der Waals surface area contributed by atoms with Gasteiger partial charge in [-0.15, -0.1) is 0 Å². The third-order valence-corrected chi connectivity index (χ3v) is 3.71. The SMILES string of the molecule is CCN(CCC(O)c1ccc(C)c(F)c1)Cc1ccco1. The Kier molecular flexibility index (Phi) is 5.53. The Morgan fingerprint density at radius 1 is 1.33 bits per heavy atom. The minimum Gasteiger partial charge on any atom is -0.468 e. The van der Waals surface area contributed by atoms with E-state index in [-0.39, 0.29) is 5.82 Å². The number of furan rings is 1. The van der Waals surface area contributed by atoms with Crippen LogP contribution < -0.4 is 0 Å². The van der Waals surface area contributed by atoms with Crippen LogP contribution in [0.2, 0.25) is 0 Å². The van der Waals surface area contributed by atoms with E-state index in [1.165, 1.54) is 6.07 Å². The largest absolute Gasteiger partial charge is 0.468 e. The summed E-state index contributed by atoms with van der Waals surface area (Å²) in [6.45, 7) is 6.11. The highest BCUT2D eigenvalue weighted by Gasteiger charge is 2.12. The average Bonchev–Trinajstić information content (AvgIpc) is 2.99. The van der Waals surface area contributed by atoms with E-state index in [0.717, 1.165) is 25.4 Å². The highest BCUT2D eigenvalue weighted by Crippen LogP contribution is 2.20. The smallest absolute Gasteiger partial charge is 0.126 e. The molecule has 0 amide bonds. The molecule has 0 aliphatic carbocycles. The van der Waals surface area contributed by atoms with E-state index < -0.39 is 6.10 Å². The van der Waals surface area contributed by atoms with Gasteiger partial charge in [0.05, 0.1) is 18.9 Å². The van der Waals surface area contributed by atoms with Gasteiger partial charge in [-0.2, -0.15) is 0 Å². The molecular weight excluding hydrogens is 269 g/mol. The summed E-state index contributed by atoms with van der Waals surface area (Å²) in [5, 5.41) is 10.2. The molecule has 0 spiro atoms. The molecule has 3 nitrogen and oxygen atoms in total. The van der Waals surface area contributed by atoms with Crippen molar-refractivity contribution in [3.05, 3.63) is 59.3 Å². The molecule has 1 unspecified atom stereocenters. The topological polar surface area (TPSA) is 36.6 Å². The first-order valence-corrected chi connectivity index (χ1v) is 7.29. The molecule has 0 aliphatic heterocycles. The van der Waals surface area contributed by atoms with Crippen LogP contribution in [0.15, 0.2) is 41.0 Å². The summed E-state index contributed by atoms with van der Waals surface area (Å²) in [6.07, 6.45) is 1.58. The minimum atomic E-state index is -0.647. The lowest BCUT2D eigenvalue weighted by Gasteiger charge is -2.21. The van der Waals surface area contributed by atoms with Crippen molar-refractivity contribution in [2.75, 3.05) is 13.1 Å². The van der Waals surface area contributed by atoms with Gasteiger partial charge in [0.25, 0.3) is 0 Å². The first kappa shape index (κ1) is 15.7. The van der Waals surface area contributed by atoms with E-state index in [9.17, 15) is 9.50 Å². The van der Waals surface area contributed by atoms with E-state index in [2.05, 4.69) is 11.8 Å². The summed E-state index contributed by atoms with van der Waals surface area (Å²) in [5.41, 5.74) is 1.23. The fourth-order valence-electron chi connectivity index (χ4n) is 2.26. The number of benzene rings is 1. The number of halogens is 1. The Morgan fingerprint density at radius 2 is 2.14 bits per heavy atom. The van der Waals surface area contributed by atoms with Crippen molar-refractivity contribution in [3.8, 4) is 0 Å². The van der Waals surface area contributed by atoms with E-state index >= 15 is 0 Å². The summed E-state index contributed by atoms with van der Waals surface area (Å²) in [7, 11) is 0. The third-order valence-electron chi connectivity index (χ3n) is 3.71. The van der Waals surface area contributed by atoms with Crippen molar-refractivity contribution in [1.29, 1.82) is 0 Å². The summed E-state index contributed by atoms with van der Waals surface area (Å²) >= 11 is 0. The molecule has 0 radical (unpaired) electrons. The quantitative estimate of drug-likeness (QED) is 0.845. The molecule has 0 aliphatic rings. The minimum absolute atomic E-state index is 0.269. The molecule has 2 aromatic rings. The molecule has 1 N–H and O–H groups in total. The summed E-state index contributed by atoms with van der Waals surface area (Å²) in [6, 6.07) is 8.71. The number of rotatable bonds is 7. The highest BCUT2D eigenvalue weighted by molar-refractivity contribution is 5.24. The molecular formula is C17H22FNO2. The standard InChI is InChI=1S/C17H22FNO2/c1-3-19(12-15-5-4-10-21-15)9-8-17(20)14-7-6-13(2)16(18)11-14/h4-7,10-11,17,20H,3,8-9,12H2,1-2H3. The molecule has 21 heavy (non-hydrogen) atoms. The molecule has 1 aromatic heterocycles. The lowest BCUT2D eigenvalue weighted by Crippen LogP contribution is -2.25. The molecule has 0 bridgehead atoms. The maximum Gasteiger partial charge on any atom is 0.126 e. The van der Waals surface area contributed by atoms with Gasteiger partial charge in [0, 0.05) is 6.54 Å². The van der Waals surface area contributed by atoms with Crippen LogP contribution in [0.4, 0.5) is 4.39 Å². The Hall–Kier alpha value is -1.65.